The summed E-state index contributed by atoms with van der Waals surface area (Å²) in [6, 6.07) is 5.14. The molecule has 0 aliphatic rings. The van der Waals surface area contributed by atoms with E-state index in [1.807, 2.05) is 23.6 Å². The van der Waals surface area contributed by atoms with Crippen molar-refractivity contribution in [3.8, 4) is 17.4 Å². The van der Waals surface area contributed by atoms with Crippen LogP contribution in [0.3, 0.4) is 0 Å². The van der Waals surface area contributed by atoms with Gasteiger partial charge in [-0.25, -0.2) is 15.0 Å². The number of aryl methyl sites for hydroxylation is 1. The molecule has 0 fully saturated rings. The summed E-state index contributed by atoms with van der Waals surface area (Å²) in [5.74, 6) is 3.29. The molecule has 0 bridgehead atoms. The van der Waals surface area contributed by atoms with Crippen molar-refractivity contribution < 1.29 is 9.26 Å². The highest BCUT2D eigenvalue weighted by molar-refractivity contribution is 8.01. The molecule has 11 nitrogen and oxygen atoms in total. The third kappa shape index (κ3) is 5.12. The molecule has 34 heavy (non-hydrogen) atoms. The number of ether oxygens (including phenoxy) is 1. The molecule has 0 amide bonds. The van der Waals surface area contributed by atoms with E-state index in [1.165, 1.54) is 11.9 Å². The first-order chi connectivity index (χ1) is 16.4. The lowest BCUT2D eigenvalue weighted by molar-refractivity contribution is 0.381. The maximum absolute atomic E-state index is 5.92. The summed E-state index contributed by atoms with van der Waals surface area (Å²) in [4.78, 5) is 17.6. The predicted octanol–water partition coefficient (Wildman–Crippen LogP) is 4.35. The maximum atomic E-state index is 5.92. The number of halogens is 1. The summed E-state index contributed by atoms with van der Waals surface area (Å²) in [5, 5.41) is 13.5. The summed E-state index contributed by atoms with van der Waals surface area (Å²) in [5.41, 5.74) is 0.605. The molecule has 0 saturated carbocycles. The van der Waals surface area contributed by atoms with Crippen LogP contribution in [0.5, 0.6) is 5.88 Å². The lowest BCUT2D eigenvalue weighted by Gasteiger charge is -2.20. The molecule has 4 heterocycles. The first kappa shape index (κ1) is 23.9. The molecule has 0 saturated heterocycles. The number of pyridine rings is 1. The predicted molar refractivity (Wildman–Crippen MR) is 129 cm³/mol. The molecule has 13 heteroatoms. The monoisotopic (exact) mass is 501 g/mol. The maximum Gasteiger partial charge on any atom is 0.235 e. The first-order valence-electron chi connectivity index (χ1n) is 10.5. The molecule has 4 aromatic rings. The van der Waals surface area contributed by atoms with Crippen LogP contribution < -0.4 is 9.46 Å². The molecule has 0 aliphatic heterocycles. The van der Waals surface area contributed by atoms with Crippen LogP contribution >= 0.6 is 23.5 Å². The van der Waals surface area contributed by atoms with Crippen molar-refractivity contribution in [2.45, 2.75) is 44.9 Å². The number of methoxy groups -OCH3 is 1. The van der Waals surface area contributed by atoms with Crippen molar-refractivity contribution in [2.24, 2.45) is 0 Å². The SMILES string of the molecule is COc1cccc(-c2nnc(NS[C@@H](C)[C@H](C)c3ncc(Cl)cn3)n2[C@H](C)c2noc(C)n2)n1. The number of anilines is 1. The molecule has 0 spiro atoms. The van der Waals surface area contributed by atoms with Gasteiger partial charge in [0, 0.05) is 36.6 Å². The highest BCUT2D eigenvalue weighted by atomic mass is 35.5. The lowest BCUT2D eigenvalue weighted by atomic mass is 10.1. The molecule has 178 valence electrons. The minimum absolute atomic E-state index is 0.0583. The fourth-order valence-corrected chi connectivity index (χ4v) is 4.02. The van der Waals surface area contributed by atoms with Crippen molar-refractivity contribution in [1.29, 1.82) is 0 Å². The zero-order chi connectivity index (χ0) is 24.2. The number of aromatic nitrogens is 8. The summed E-state index contributed by atoms with van der Waals surface area (Å²) >= 11 is 7.41. The number of hydrogen-bond donors (Lipinski definition) is 1. The van der Waals surface area contributed by atoms with E-state index in [0.717, 1.165) is 0 Å². The smallest absolute Gasteiger partial charge is 0.235 e. The van der Waals surface area contributed by atoms with Crippen LogP contribution in [-0.4, -0.2) is 52.2 Å². The second-order valence-electron chi connectivity index (χ2n) is 7.60. The van der Waals surface area contributed by atoms with Gasteiger partial charge < -0.3 is 9.26 Å². The van der Waals surface area contributed by atoms with Gasteiger partial charge in [0.1, 0.15) is 11.5 Å². The molecule has 3 atom stereocenters. The van der Waals surface area contributed by atoms with Gasteiger partial charge in [0.2, 0.25) is 17.7 Å². The van der Waals surface area contributed by atoms with Gasteiger partial charge in [0.05, 0.1) is 18.2 Å². The third-order valence-corrected chi connectivity index (χ3v) is 6.53. The molecular formula is C21H24ClN9O2S. The van der Waals surface area contributed by atoms with Gasteiger partial charge >= 0.3 is 0 Å². The molecule has 4 rings (SSSR count). The van der Waals surface area contributed by atoms with Gasteiger partial charge in [-0.05, 0) is 24.9 Å². The number of nitrogens with one attached hydrogen (secondary N) is 1. The summed E-state index contributed by atoms with van der Waals surface area (Å²) < 4.78 is 15.7. The molecule has 4 aromatic heterocycles. The molecule has 0 aromatic carbocycles. The normalized spacial score (nSPS) is 13.9. The summed E-state index contributed by atoms with van der Waals surface area (Å²) in [6.45, 7) is 7.83. The second-order valence-corrected chi connectivity index (χ2v) is 9.22. The van der Waals surface area contributed by atoms with E-state index in [2.05, 4.69) is 53.9 Å². The number of hydrogen-bond acceptors (Lipinski definition) is 11. The Kier molecular flexibility index (Phi) is 7.27. The zero-order valence-electron chi connectivity index (χ0n) is 19.3. The Hall–Kier alpha value is -3.25. The highest BCUT2D eigenvalue weighted by Gasteiger charge is 2.26. The fourth-order valence-electron chi connectivity index (χ4n) is 3.17. The average Bonchev–Trinajstić information content (AvgIpc) is 3.48. The minimum Gasteiger partial charge on any atom is -0.481 e. The van der Waals surface area contributed by atoms with Gasteiger partial charge in [0.15, 0.2) is 11.6 Å². The van der Waals surface area contributed by atoms with Crippen molar-refractivity contribution in [3.63, 3.8) is 0 Å². The summed E-state index contributed by atoms with van der Waals surface area (Å²) in [6.07, 6.45) is 3.20. The van der Waals surface area contributed by atoms with Crippen LogP contribution in [0.15, 0.2) is 35.1 Å². The topological polar surface area (TPSA) is 130 Å². The van der Waals surface area contributed by atoms with Crippen LogP contribution in [-0.2, 0) is 0 Å². The Morgan fingerprint density at radius 3 is 2.53 bits per heavy atom. The van der Waals surface area contributed by atoms with Crippen LogP contribution in [0.1, 0.15) is 50.3 Å². The van der Waals surface area contributed by atoms with Crippen molar-refractivity contribution in [2.75, 3.05) is 11.8 Å². The van der Waals surface area contributed by atoms with E-state index in [9.17, 15) is 0 Å². The van der Waals surface area contributed by atoms with Crippen LogP contribution in [0.25, 0.3) is 11.5 Å². The highest BCUT2D eigenvalue weighted by Crippen LogP contribution is 2.32. The molecule has 1 N–H and O–H groups in total. The fraction of sp³-hybridized carbons (Fsp3) is 0.381. The Morgan fingerprint density at radius 2 is 1.85 bits per heavy atom. The van der Waals surface area contributed by atoms with E-state index in [0.29, 0.717) is 45.9 Å². The van der Waals surface area contributed by atoms with Gasteiger partial charge in [0.25, 0.3) is 0 Å². The third-order valence-electron chi connectivity index (χ3n) is 5.25. The van der Waals surface area contributed by atoms with E-state index in [4.69, 9.17) is 20.9 Å². The minimum atomic E-state index is -0.328. The molecule has 0 radical (unpaired) electrons. The Morgan fingerprint density at radius 1 is 1.09 bits per heavy atom. The Bertz CT molecular complexity index is 1250. The second kappa shape index (κ2) is 10.3. The largest absolute Gasteiger partial charge is 0.481 e. The molecular weight excluding hydrogens is 478 g/mol. The van der Waals surface area contributed by atoms with Gasteiger partial charge in [-0.15, -0.1) is 10.2 Å². The number of nitrogens with zero attached hydrogens (tertiary/aromatic N) is 8. The Labute approximate surface area is 205 Å². The van der Waals surface area contributed by atoms with Gasteiger partial charge in [-0.1, -0.05) is 36.7 Å². The van der Waals surface area contributed by atoms with Crippen molar-refractivity contribution in [1.82, 2.24) is 39.9 Å². The standard InChI is InChI=1S/C21H24ClN9O2S/c1-11(18-23-9-15(22)10-24-18)13(3)34-30-21-28-27-20(16-7-6-8-17(26-16)32-5)31(21)12(2)19-25-14(4)33-29-19/h6-13H,1-5H3,(H,28,30)/t11-,12+,13-/m0/s1. The quantitative estimate of drug-likeness (QED) is 0.328. The van der Waals surface area contributed by atoms with E-state index in [-0.39, 0.29) is 17.2 Å². The average molecular weight is 502 g/mol. The van der Waals surface area contributed by atoms with Gasteiger partial charge in [-0.3, -0.25) is 9.29 Å². The van der Waals surface area contributed by atoms with E-state index < -0.39 is 0 Å². The first-order valence-corrected chi connectivity index (χ1v) is 11.8. The molecule has 0 unspecified atom stereocenters. The zero-order valence-corrected chi connectivity index (χ0v) is 20.9. The Balaban J connectivity index is 1.62. The van der Waals surface area contributed by atoms with Crippen molar-refractivity contribution in [3.05, 3.63) is 53.2 Å². The van der Waals surface area contributed by atoms with Crippen molar-refractivity contribution >= 4 is 29.5 Å². The van der Waals surface area contributed by atoms with Crippen LogP contribution in [0.4, 0.5) is 5.95 Å². The van der Waals surface area contributed by atoms with Crippen LogP contribution in [0.2, 0.25) is 5.02 Å². The van der Waals surface area contributed by atoms with Gasteiger partial charge in [-0.2, -0.15) is 4.98 Å². The van der Waals surface area contributed by atoms with Crippen LogP contribution in [0, 0.1) is 6.92 Å². The van der Waals surface area contributed by atoms with E-state index >= 15 is 0 Å². The molecule has 0 aliphatic carbocycles. The summed E-state index contributed by atoms with van der Waals surface area (Å²) in [7, 11) is 1.57. The number of rotatable bonds is 9. The lowest BCUT2D eigenvalue weighted by Crippen LogP contribution is -2.16. The van der Waals surface area contributed by atoms with E-state index in [1.54, 1.807) is 32.5 Å².